The van der Waals surface area contributed by atoms with Gasteiger partial charge in [0, 0.05) is 0 Å². The normalized spacial score (nSPS) is 13.8. The number of alkyl halides is 11. The molecule has 0 unspecified atom stereocenters. The van der Waals surface area contributed by atoms with Crippen molar-refractivity contribution in [2.24, 2.45) is 0 Å². The molecule has 0 N–H and O–H groups in total. The molecule has 0 bridgehead atoms. The minimum atomic E-state index is -6.64. The zero-order valence-electron chi connectivity index (χ0n) is 12.1. The van der Waals surface area contributed by atoms with Gasteiger partial charge in [-0.15, -0.1) is 0 Å². The van der Waals surface area contributed by atoms with Crippen molar-refractivity contribution in [2.75, 3.05) is 6.61 Å². The van der Waals surface area contributed by atoms with E-state index in [4.69, 9.17) is 0 Å². The summed E-state index contributed by atoms with van der Waals surface area (Å²) in [4.78, 5) is 11.4. The number of ether oxygens (including phenoxy) is 1. The molecule has 0 spiro atoms. The van der Waals surface area contributed by atoms with Crippen LogP contribution in [0.3, 0.4) is 0 Å². The molecule has 0 saturated heterocycles. The van der Waals surface area contributed by atoms with Gasteiger partial charge in [-0.3, -0.25) is 0 Å². The fraction of sp³-hybridized carbons (Fsp3) is 0.462. The van der Waals surface area contributed by atoms with Crippen LogP contribution in [-0.4, -0.2) is 36.8 Å². The third-order valence-corrected chi connectivity index (χ3v) is 2.99. The minimum absolute atomic E-state index is 0.342. The lowest BCUT2D eigenvalue weighted by Gasteiger charge is -2.31. The summed E-state index contributed by atoms with van der Waals surface area (Å²) in [5.74, 6) is -21.3. The van der Waals surface area contributed by atoms with Crippen LogP contribution in [0, 0.1) is 0 Å². The molecule has 0 atom stereocenters. The molecule has 0 aliphatic carbocycles. The van der Waals surface area contributed by atoms with Gasteiger partial charge in [0.05, 0.1) is 11.1 Å². The van der Waals surface area contributed by atoms with Crippen LogP contribution in [0.4, 0.5) is 48.3 Å². The first-order valence-corrected chi connectivity index (χ1v) is 6.30. The average molecular weight is 404 g/mol. The largest absolute Gasteiger partial charge is 0.455 e. The number of rotatable bonds is 6. The highest BCUT2D eigenvalue weighted by Crippen LogP contribution is 2.48. The molecule has 0 saturated carbocycles. The molecule has 0 aliphatic rings. The van der Waals surface area contributed by atoms with Gasteiger partial charge in [0.1, 0.15) is 0 Å². The molecule has 1 aromatic rings. The predicted octanol–water partition coefficient (Wildman–Crippen LogP) is 5.03. The maximum atomic E-state index is 13.2. The fourth-order valence-electron chi connectivity index (χ4n) is 1.61. The van der Waals surface area contributed by atoms with Crippen molar-refractivity contribution in [1.29, 1.82) is 0 Å². The van der Waals surface area contributed by atoms with Crippen LogP contribution in [-0.2, 0) is 10.9 Å². The predicted molar refractivity (Wildman–Crippen MR) is 62.6 cm³/mol. The summed E-state index contributed by atoms with van der Waals surface area (Å²) >= 11 is 0. The zero-order valence-corrected chi connectivity index (χ0v) is 12.1. The SMILES string of the molecule is O=C(OCC(F)(F)C(F)(F)C(F)(F)C(F)F)c1ccccc1C(F)(F)F. The molecular formula is C13H7F11O2. The van der Waals surface area contributed by atoms with E-state index in [1.807, 2.05) is 0 Å². The van der Waals surface area contributed by atoms with Crippen molar-refractivity contribution in [3.8, 4) is 0 Å². The molecule has 2 nitrogen and oxygen atoms in total. The maximum absolute atomic E-state index is 13.2. The first-order chi connectivity index (χ1) is 11.6. The Hall–Kier alpha value is -2.08. The number of carbonyl (C=O) groups excluding carboxylic acids is 1. The Balaban J connectivity index is 3.04. The number of halogens is 11. The van der Waals surface area contributed by atoms with Gasteiger partial charge in [0.25, 0.3) is 0 Å². The van der Waals surface area contributed by atoms with Gasteiger partial charge < -0.3 is 4.74 Å². The number of hydrogen-bond acceptors (Lipinski definition) is 2. The zero-order chi connectivity index (χ0) is 20.6. The lowest BCUT2D eigenvalue weighted by Crippen LogP contribution is -2.59. The molecule has 0 radical (unpaired) electrons. The van der Waals surface area contributed by atoms with Gasteiger partial charge in [0.15, 0.2) is 6.61 Å². The third-order valence-electron chi connectivity index (χ3n) is 2.99. The van der Waals surface area contributed by atoms with Crippen LogP contribution in [0.1, 0.15) is 15.9 Å². The van der Waals surface area contributed by atoms with Crippen LogP contribution < -0.4 is 0 Å². The third kappa shape index (κ3) is 4.01. The standard InChI is InChI=1S/C13H7F11O2/c14-9(15)11(18,19)13(23,24)10(16,17)5-26-8(25)6-3-1-2-4-7(6)12(20,21)22/h1-4,9H,5H2. The Morgan fingerprint density at radius 1 is 0.923 bits per heavy atom. The minimum Gasteiger partial charge on any atom is -0.455 e. The van der Waals surface area contributed by atoms with E-state index < -0.39 is 54.1 Å². The fourth-order valence-corrected chi connectivity index (χ4v) is 1.61. The summed E-state index contributed by atoms with van der Waals surface area (Å²) in [6, 6.07) is 2.46. The van der Waals surface area contributed by atoms with E-state index in [1.165, 1.54) is 0 Å². The highest BCUT2D eigenvalue weighted by atomic mass is 19.4. The Bertz CT molecular complexity index is 652. The summed E-state index contributed by atoms with van der Waals surface area (Å²) in [5, 5.41) is 0. The van der Waals surface area contributed by atoms with Crippen molar-refractivity contribution in [3.63, 3.8) is 0 Å². The van der Waals surface area contributed by atoms with E-state index in [0.717, 1.165) is 12.1 Å². The highest BCUT2D eigenvalue weighted by molar-refractivity contribution is 5.91. The molecule has 148 valence electrons. The summed E-state index contributed by atoms with van der Waals surface area (Å²) < 4.78 is 143. The first kappa shape index (κ1) is 22.0. The van der Waals surface area contributed by atoms with Gasteiger partial charge >= 0.3 is 36.3 Å². The number of carbonyl (C=O) groups is 1. The van der Waals surface area contributed by atoms with E-state index in [-0.39, 0.29) is 0 Å². The van der Waals surface area contributed by atoms with E-state index in [2.05, 4.69) is 4.74 Å². The Morgan fingerprint density at radius 2 is 1.42 bits per heavy atom. The van der Waals surface area contributed by atoms with E-state index >= 15 is 0 Å². The van der Waals surface area contributed by atoms with Crippen molar-refractivity contribution in [1.82, 2.24) is 0 Å². The molecular weight excluding hydrogens is 397 g/mol. The Morgan fingerprint density at radius 3 is 1.88 bits per heavy atom. The van der Waals surface area contributed by atoms with E-state index in [0.29, 0.717) is 12.1 Å². The molecule has 26 heavy (non-hydrogen) atoms. The number of hydrogen-bond donors (Lipinski definition) is 0. The second-order valence-corrected chi connectivity index (χ2v) is 4.82. The van der Waals surface area contributed by atoms with Crippen LogP contribution in [0.5, 0.6) is 0 Å². The van der Waals surface area contributed by atoms with Crippen LogP contribution in [0.2, 0.25) is 0 Å². The number of esters is 1. The molecule has 1 rings (SSSR count). The van der Waals surface area contributed by atoms with Crippen LogP contribution in [0.15, 0.2) is 24.3 Å². The van der Waals surface area contributed by atoms with E-state index in [1.54, 1.807) is 0 Å². The number of benzene rings is 1. The summed E-state index contributed by atoms with van der Waals surface area (Å²) in [6.07, 6.45) is -10.3. The Labute approximate surface area is 137 Å². The maximum Gasteiger partial charge on any atom is 0.417 e. The average Bonchev–Trinajstić information content (AvgIpc) is 2.51. The van der Waals surface area contributed by atoms with Crippen molar-refractivity contribution in [2.45, 2.75) is 30.4 Å². The van der Waals surface area contributed by atoms with Crippen LogP contribution in [0.25, 0.3) is 0 Å². The monoisotopic (exact) mass is 404 g/mol. The van der Waals surface area contributed by atoms with Gasteiger partial charge in [-0.25, -0.2) is 13.6 Å². The van der Waals surface area contributed by atoms with Crippen molar-refractivity contribution in [3.05, 3.63) is 35.4 Å². The smallest absolute Gasteiger partial charge is 0.417 e. The van der Waals surface area contributed by atoms with Crippen molar-refractivity contribution < 1.29 is 57.8 Å². The molecule has 13 heteroatoms. The quantitative estimate of drug-likeness (QED) is 0.491. The van der Waals surface area contributed by atoms with Crippen molar-refractivity contribution >= 4 is 5.97 Å². The lowest BCUT2D eigenvalue weighted by molar-refractivity contribution is -0.343. The van der Waals surface area contributed by atoms with Gasteiger partial charge in [-0.2, -0.15) is 39.5 Å². The molecule has 0 amide bonds. The second-order valence-electron chi connectivity index (χ2n) is 4.82. The molecule has 0 heterocycles. The highest BCUT2D eigenvalue weighted by Gasteiger charge is 2.75. The lowest BCUT2D eigenvalue weighted by atomic mass is 10.1. The van der Waals surface area contributed by atoms with Gasteiger partial charge in [0.2, 0.25) is 0 Å². The first-order valence-electron chi connectivity index (χ1n) is 6.30. The molecule has 0 aliphatic heterocycles. The summed E-state index contributed by atoms with van der Waals surface area (Å²) in [5.41, 5.74) is -3.03. The van der Waals surface area contributed by atoms with E-state index in [9.17, 15) is 53.1 Å². The summed E-state index contributed by atoms with van der Waals surface area (Å²) in [7, 11) is 0. The Kier molecular flexibility index (Phi) is 5.84. The second kappa shape index (κ2) is 6.91. The van der Waals surface area contributed by atoms with Gasteiger partial charge in [-0.05, 0) is 12.1 Å². The topological polar surface area (TPSA) is 26.3 Å². The summed E-state index contributed by atoms with van der Waals surface area (Å²) in [6.45, 7) is -2.85. The van der Waals surface area contributed by atoms with Gasteiger partial charge in [-0.1, -0.05) is 12.1 Å². The molecule has 0 fully saturated rings. The molecule has 1 aromatic carbocycles. The molecule has 0 aromatic heterocycles. The van der Waals surface area contributed by atoms with Crippen LogP contribution >= 0.6 is 0 Å².